The Morgan fingerprint density at radius 2 is 1.48 bits per heavy atom. The molecule has 0 saturated heterocycles. The van der Waals surface area contributed by atoms with E-state index in [0.29, 0.717) is 17.1 Å². The molecule has 0 heterocycles. The van der Waals surface area contributed by atoms with Crippen molar-refractivity contribution in [1.29, 1.82) is 0 Å². The van der Waals surface area contributed by atoms with Gasteiger partial charge < -0.3 is 14.0 Å². The van der Waals surface area contributed by atoms with Crippen LogP contribution in [0.15, 0.2) is 28.0 Å². The zero-order chi connectivity index (χ0) is 20.9. The van der Waals surface area contributed by atoms with Crippen LogP contribution in [0.25, 0.3) is 0 Å². The molecule has 14 heteroatoms. The minimum absolute atomic E-state index is 0. The summed E-state index contributed by atoms with van der Waals surface area (Å²) in [6.07, 6.45) is -1.21. The molecule has 0 atom stereocenters. The number of benzene rings is 1. The van der Waals surface area contributed by atoms with Crippen molar-refractivity contribution in [2.45, 2.75) is 30.6 Å². The van der Waals surface area contributed by atoms with Crippen LogP contribution in [0.5, 0.6) is 5.75 Å². The van der Waals surface area contributed by atoms with Gasteiger partial charge in [0.15, 0.2) is 5.75 Å². The number of ether oxygens (including phenoxy) is 2. The van der Waals surface area contributed by atoms with Gasteiger partial charge in [-0.15, -0.1) is 0 Å². The van der Waals surface area contributed by atoms with Gasteiger partial charge in [0, 0.05) is 0 Å². The van der Waals surface area contributed by atoms with E-state index < -0.39 is 41.9 Å². The predicted molar refractivity (Wildman–Crippen MR) is 109 cm³/mol. The second-order valence-electron chi connectivity index (χ2n) is 5.77. The molecule has 0 amide bonds. The summed E-state index contributed by atoms with van der Waals surface area (Å²) in [4.78, 5) is 10.1. The van der Waals surface area contributed by atoms with Crippen LogP contribution in [0, 0.1) is 0 Å². The third kappa shape index (κ3) is 9.52. The van der Waals surface area contributed by atoms with Crippen LogP contribution in [0.3, 0.4) is 0 Å². The molecule has 29 heavy (non-hydrogen) atoms. The molecule has 0 aromatic heterocycles. The monoisotopic (exact) mass is 474 g/mol. The van der Waals surface area contributed by atoms with Gasteiger partial charge in [-0.3, -0.25) is 9.11 Å². The Balaban J connectivity index is 0. The quantitative estimate of drug-likeness (QED) is 0.169. The molecule has 0 aliphatic heterocycles. The molecule has 1 aromatic rings. The molecule has 0 bridgehead atoms. The van der Waals surface area contributed by atoms with Crippen molar-refractivity contribution in [2.24, 2.45) is 0 Å². The van der Waals surface area contributed by atoms with Crippen LogP contribution in [0.1, 0.15) is 20.8 Å². The summed E-state index contributed by atoms with van der Waals surface area (Å²) in [5.41, 5.74) is 0. The zero-order valence-corrected chi connectivity index (χ0v) is 16.9. The molecule has 0 aliphatic rings. The van der Waals surface area contributed by atoms with Crippen molar-refractivity contribution in [3.05, 3.63) is 18.2 Å². The fraction of sp³-hybridized carbons (Fsp3) is 0.533. The fourth-order valence-corrected chi connectivity index (χ4v) is 3.74. The van der Waals surface area contributed by atoms with Crippen molar-refractivity contribution >= 4 is 85.5 Å². The van der Waals surface area contributed by atoms with Gasteiger partial charge >= 0.3 is 65.3 Å². The number of nitrogens with zero attached hydrogens (tertiary/aromatic N) is 1. The Morgan fingerprint density at radius 3 is 1.90 bits per heavy atom. The summed E-state index contributed by atoms with van der Waals surface area (Å²) in [6.45, 7) is 9.13. The molecule has 0 spiro atoms. The van der Waals surface area contributed by atoms with Crippen LogP contribution in [-0.2, 0) is 25.0 Å². The number of carbonyl (C=O) groups is 1. The van der Waals surface area contributed by atoms with E-state index >= 15 is 0 Å². The summed E-state index contributed by atoms with van der Waals surface area (Å²) in [5, 5.41) is 0. The van der Waals surface area contributed by atoms with Crippen LogP contribution in [0.4, 0.5) is 4.79 Å². The molecule has 2 N–H and O–H groups in total. The molecule has 0 aliphatic carbocycles. The molecule has 0 saturated carbocycles. The van der Waals surface area contributed by atoms with Gasteiger partial charge in [-0.2, -0.15) is 16.8 Å². The molecule has 0 unspecified atom stereocenters. The Labute approximate surface area is 215 Å². The molecule has 0 fully saturated rings. The Bertz CT molecular complexity index is 877. The van der Waals surface area contributed by atoms with Crippen LogP contribution in [-0.4, -0.2) is 128 Å². The Morgan fingerprint density at radius 1 is 0.966 bits per heavy atom. The van der Waals surface area contributed by atoms with Crippen LogP contribution in [0.2, 0.25) is 0 Å². The van der Waals surface area contributed by atoms with E-state index in [-0.39, 0.29) is 65.7 Å². The summed E-state index contributed by atoms with van der Waals surface area (Å²) in [7, 11) is -9.65. The predicted octanol–water partition coefficient (Wildman–Crippen LogP) is 0.275. The Kier molecular flexibility index (Phi) is 14.1. The Hall–Kier alpha value is 0.270. The first-order valence-electron chi connectivity index (χ1n) is 8.17. The van der Waals surface area contributed by atoms with Gasteiger partial charge in [-0.05, 0) is 39.0 Å². The molecule has 158 valence electrons. The molecule has 1 rings (SSSR count). The van der Waals surface area contributed by atoms with Gasteiger partial charge in [0.05, 0.1) is 24.5 Å². The fourth-order valence-electron chi connectivity index (χ4n) is 2.52. The third-order valence-corrected chi connectivity index (χ3v) is 6.21. The number of carbonyl (C=O) groups excluding carboxylic acids is 1. The normalized spacial score (nSPS) is 11.8. The summed E-state index contributed by atoms with van der Waals surface area (Å²) in [6, 6.07) is 2.11. The average molecular weight is 474 g/mol. The van der Waals surface area contributed by atoms with Crippen molar-refractivity contribution in [3.63, 3.8) is 0 Å². The van der Waals surface area contributed by atoms with Crippen molar-refractivity contribution < 1.29 is 44.7 Å². The first-order chi connectivity index (χ1) is 12.4. The minimum atomic E-state index is -4.93. The van der Waals surface area contributed by atoms with E-state index in [1.807, 2.05) is 20.8 Å². The maximum atomic E-state index is 11.8. The summed E-state index contributed by atoms with van der Waals surface area (Å²) >= 11 is 0. The zero-order valence-electron chi connectivity index (χ0n) is 15.3. The number of hydrogen-bond acceptors (Lipinski definition) is 7. The van der Waals surface area contributed by atoms with Crippen molar-refractivity contribution in [3.8, 4) is 5.75 Å². The number of rotatable bonds is 9. The van der Waals surface area contributed by atoms with E-state index in [9.17, 15) is 26.2 Å². The van der Waals surface area contributed by atoms with Gasteiger partial charge in [0.25, 0.3) is 20.2 Å². The topological polar surface area (TPSA) is 144 Å². The second kappa shape index (κ2) is 13.0. The van der Waals surface area contributed by atoms with E-state index in [0.717, 1.165) is 31.8 Å². The second-order valence-corrected chi connectivity index (χ2v) is 8.58. The van der Waals surface area contributed by atoms with Gasteiger partial charge in [-0.25, -0.2) is 4.79 Å². The molecule has 0 radical (unpaired) electrons. The van der Waals surface area contributed by atoms with E-state index in [1.165, 1.54) is 0 Å². The maximum absolute atomic E-state index is 11.8. The first-order valence-corrected chi connectivity index (χ1v) is 11.0. The number of likely N-dealkylation sites (N-methyl/N-ethyl adjacent to an activating group) is 1. The molecular formula is C15H26NNa2O9S2+. The van der Waals surface area contributed by atoms with Crippen LogP contribution >= 0.6 is 0 Å². The summed E-state index contributed by atoms with van der Waals surface area (Å²) in [5.74, 6) is -0.628. The van der Waals surface area contributed by atoms with Gasteiger partial charge in [0.2, 0.25) is 0 Å². The van der Waals surface area contributed by atoms with Crippen molar-refractivity contribution in [1.82, 2.24) is 0 Å². The van der Waals surface area contributed by atoms with E-state index in [2.05, 4.69) is 0 Å². The third-order valence-electron chi connectivity index (χ3n) is 4.48. The first kappa shape index (κ1) is 31.5. The molecule has 10 nitrogen and oxygen atoms in total. The van der Waals surface area contributed by atoms with Gasteiger partial charge in [-0.1, -0.05) is 0 Å². The van der Waals surface area contributed by atoms with Gasteiger partial charge in [0.1, 0.15) is 18.0 Å². The summed E-state index contributed by atoms with van der Waals surface area (Å²) < 4.78 is 73.7. The molecular weight excluding hydrogens is 448 g/mol. The average Bonchev–Trinajstić information content (AvgIpc) is 2.57. The van der Waals surface area contributed by atoms with E-state index in [4.69, 9.17) is 14.0 Å². The van der Waals surface area contributed by atoms with E-state index in [1.54, 1.807) is 0 Å². The SMILES string of the molecule is CC[N+](CC)(CC)CCOC(=O)Oc1ccc(S(=O)(=O)O)cc1S(=O)(=O)O.[NaH].[NaH]. The number of hydrogen-bond donors (Lipinski definition) is 2. The molecule has 1 aromatic carbocycles. The number of quaternary nitrogens is 1. The van der Waals surface area contributed by atoms with Crippen LogP contribution < -0.4 is 4.74 Å². The van der Waals surface area contributed by atoms with Crippen molar-refractivity contribution in [2.75, 3.05) is 32.8 Å². The standard InChI is InChI=1S/C15H23NO9S2.2Na.2H/c1-4-16(5-2,6-3)9-10-24-15(17)25-13-8-7-12(26(18,19)20)11-14(13)27(21,22)23;;;;/h7-8,11H,4-6,9-10H2,1-3H3,(H-,18,19,20,21,22,23);;;;/p+1.